The molecular weight excluding hydrogens is 402 g/mol. The summed E-state index contributed by atoms with van der Waals surface area (Å²) in [5, 5.41) is 9.00. The van der Waals surface area contributed by atoms with Crippen molar-refractivity contribution in [3.63, 3.8) is 0 Å². The number of likely N-dealkylation sites (tertiary alicyclic amines) is 1. The van der Waals surface area contributed by atoms with Crippen LogP contribution >= 0.6 is 0 Å². The van der Waals surface area contributed by atoms with Crippen LogP contribution in [0.25, 0.3) is 10.9 Å². The van der Waals surface area contributed by atoms with Gasteiger partial charge < -0.3 is 9.64 Å². The van der Waals surface area contributed by atoms with E-state index in [2.05, 4.69) is 10.9 Å². The predicted molar refractivity (Wildman–Crippen MR) is 122 cm³/mol. The summed E-state index contributed by atoms with van der Waals surface area (Å²) >= 11 is 0. The maximum atomic E-state index is 13.3. The molecule has 6 nitrogen and oxygen atoms in total. The minimum Gasteiger partial charge on any atom is -0.444 e. The van der Waals surface area contributed by atoms with Crippen molar-refractivity contribution in [1.82, 2.24) is 4.90 Å². The molecule has 0 aliphatic carbocycles. The van der Waals surface area contributed by atoms with Crippen LogP contribution < -0.4 is 0 Å². The maximum absolute atomic E-state index is 13.3. The molecule has 0 bridgehead atoms. The standard InChI is InChI=1S/C26H25N3O3/c1-26(2,3)32-25(31)29-16-21(13-18-5-7-20(15-27)8-6-18)24(30)22(17-29)14-19-9-11-23(28-4)12-10-19/h5-12,14,21H,13,16-17H2,1-3H3/b22-14+. The number of ether oxygens (including phenoxy) is 1. The number of rotatable bonds is 3. The molecular formula is C26H25N3O3. The smallest absolute Gasteiger partial charge is 0.410 e. The SMILES string of the molecule is [C-]#[N+]c1ccc(/C=C2\CN(C(=O)OC(C)(C)C)CC(Cc3ccc(C#N)cc3)C2=O)cc1. The average Bonchev–Trinajstić information content (AvgIpc) is 2.76. The number of piperidine rings is 1. The average molecular weight is 428 g/mol. The van der Waals surface area contributed by atoms with Crippen molar-refractivity contribution in [2.75, 3.05) is 13.1 Å². The molecule has 2 aromatic carbocycles. The van der Waals surface area contributed by atoms with Crippen molar-refractivity contribution in [1.29, 1.82) is 5.26 Å². The Kier molecular flexibility index (Phi) is 6.76. The quantitative estimate of drug-likeness (QED) is 0.500. The zero-order valence-electron chi connectivity index (χ0n) is 18.5. The highest BCUT2D eigenvalue weighted by Gasteiger charge is 2.35. The van der Waals surface area contributed by atoms with Crippen molar-refractivity contribution < 1.29 is 14.3 Å². The van der Waals surface area contributed by atoms with Gasteiger partial charge in [0.05, 0.1) is 24.7 Å². The molecule has 0 radical (unpaired) electrons. The van der Waals surface area contributed by atoms with Gasteiger partial charge in [-0.15, -0.1) is 0 Å². The first-order chi connectivity index (χ1) is 15.2. The molecule has 2 aromatic rings. The van der Waals surface area contributed by atoms with Gasteiger partial charge in [-0.05, 0) is 56.5 Å². The van der Waals surface area contributed by atoms with Crippen LogP contribution in [0.1, 0.15) is 37.5 Å². The highest BCUT2D eigenvalue weighted by atomic mass is 16.6. The van der Waals surface area contributed by atoms with Gasteiger partial charge in [0.15, 0.2) is 11.5 Å². The van der Waals surface area contributed by atoms with Crippen molar-refractivity contribution in [2.24, 2.45) is 5.92 Å². The van der Waals surface area contributed by atoms with Crippen LogP contribution in [0, 0.1) is 23.8 Å². The molecule has 1 aliphatic heterocycles. The normalized spacial score (nSPS) is 17.5. The minimum absolute atomic E-state index is 0.0107. The third-order valence-corrected chi connectivity index (χ3v) is 5.07. The number of amides is 1. The third-order valence-electron chi connectivity index (χ3n) is 5.07. The first kappa shape index (κ1) is 22.8. The van der Waals surface area contributed by atoms with E-state index in [9.17, 15) is 9.59 Å². The lowest BCUT2D eigenvalue weighted by molar-refractivity contribution is -0.121. The number of ketones is 1. The monoisotopic (exact) mass is 427 g/mol. The molecule has 1 heterocycles. The van der Waals surface area contributed by atoms with Gasteiger partial charge in [0, 0.05) is 18.0 Å². The summed E-state index contributed by atoms with van der Waals surface area (Å²) in [6.45, 7) is 12.9. The molecule has 1 unspecified atom stereocenters. The summed E-state index contributed by atoms with van der Waals surface area (Å²) in [5.41, 5.74) is 2.69. The van der Waals surface area contributed by atoms with Crippen molar-refractivity contribution in [3.05, 3.63) is 82.2 Å². The fraction of sp³-hybridized carbons (Fsp3) is 0.308. The third kappa shape index (κ3) is 5.83. The summed E-state index contributed by atoms with van der Waals surface area (Å²) in [6.07, 6.45) is 1.78. The number of nitriles is 1. The summed E-state index contributed by atoms with van der Waals surface area (Å²) in [4.78, 5) is 31.0. The van der Waals surface area contributed by atoms with Gasteiger partial charge in [-0.3, -0.25) is 4.79 Å². The van der Waals surface area contributed by atoms with E-state index in [1.54, 1.807) is 47.4 Å². The van der Waals surface area contributed by atoms with Crippen LogP contribution in [0.2, 0.25) is 0 Å². The highest BCUT2D eigenvalue weighted by molar-refractivity contribution is 6.03. The number of hydrogen-bond donors (Lipinski definition) is 0. The first-order valence-corrected chi connectivity index (χ1v) is 10.4. The van der Waals surface area contributed by atoms with E-state index in [-0.39, 0.29) is 18.9 Å². The molecule has 0 N–H and O–H groups in total. The lowest BCUT2D eigenvalue weighted by Crippen LogP contribution is -2.47. The Morgan fingerprint density at radius 1 is 1.22 bits per heavy atom. The second kappa shape index (κ2) is 9.49. The van der Waals surface area contributed by atoms with E-state index in [1.807, 2.05) is 32.9 Å². The van der Waals surface area contributed by atoms with Crippen LogP contribution in [0.3, 0.4) is 0 Å². The van der Waals surface area contributed by atoms with Crippen molar-refractivity contribution in [2.45, 2.75) is 32.8 Å². The Morgan fingerprint density at radius 3 is 2.44 bits per heavy atom. The van der Waals surface area contributed by atoms with Gasteiger partial charge in [0.2, 0.25) is 0 Å². The number of benzene rings is 2. The Labute approximate surface area is 188 Å². The zero-order valence-corrected chi connectivity index (χ0v) is 18.5. The van der Waals surface area contributed by atoms with Crippen molar-refractivity contribution in [3.8, 4) is 6.07 Å². The molecule has 0 spiro atoms. The first-order valence-electron chi connectivity index (χ1n) is 10.4. The van der Waals surface area contributed by atoms with E-state index >= 15 is 0 Å². The second-order valence-corrected chi connectivity index (χ2v) is 8.81. The Bertz CT molecular complexity index is 1110. The molecule has 1 amide bonds. The molecule has 1 saturated heterocycles. The molecule has 1 atom stereocenters. The Balaban J connectivity index is 1.89. The van der Waals surface area contributed by atoms with Crippen LogP contribution in [0.5, 0.6) is 0 Å². The molecule has 162 valence electrons. The van der Waals surface area contributed by atoms with Gasteiger partial charge in [-0.25, -0.2) is 9.64 Å². The number of carbonyl (C=O) groups excluding carboxylic acids is 2. The summed E-state index contributed by atoms with van der Waals surface area (Å²) < 4.78 is 5.55. The van der Waals surface area contributed by atoms with Crippen LogP contribution in [0.15, 0.2) is 54.1 Å². The molecule has 3 rings (SSSR count). The van der Waals surface area contributed by atoms with Crippen molar-refractivity contribution >= 4 is 23.6 Å². The van der Waals surface area contributed by atoms with Gasteiger partial charge in [-0.1, -0.05) is 36.4 Å². The van der Waals surface area contributed by atoms with E-state index < -0.39 is 17.6 Å². The van der Waals surface area contributed by atoms with Gasteiger partial charge >= 0.3 is 6.09 Å². The summed E-state index contributed by atoms with van der Waals surface area (Å²) in [7, 11) is 0. The maximum Gasteiger partial charge on any atom is 0.410 e. The topological polar surface area (TPSA) is 74.8 Å². The fourth-order valence-corrected chi connectivity index (χ4v) is 3.54. The minimum atomic E-state index is -0.638. The lowest BCUT2D eigenvalue weighted by Gasteiger charge is -2.34. The number of carbonyl (C=O) groups is 2. The summed E-state index contributed by atoms with van der Waals surface area (Å²) in [6, 6.07) is 16.2. The zero-order chi connectivity index (χ0) is 23.3. The number of Topliss-reactive ketones (excluding diaryl/α,β-unsaturated/α-hetero) is 1. The van der Waals surface area contributed by atoms with E-state index in [0.717, 1.165) is 11.1 Å². The van der Waals surface area contributed by atoms with E-state index in [1.165, 1.54) is 0 Å². The van der Waals surface area contributed by atoms with Gasteiger partial charge in [0.1, 0.15) is 5.60 Å². The van der Waals surface area contributed by atoms with E-state index in [0.29, 0.717) is 23.2 Å². The van der Waals surface area contributed by atoms with E-state index in [4.69, 9.17) is 16.6 Å². The van der Waals surface area contributed by atoms with Crippen LogP contribution in [-0.4, -0.2) is 35.5 Å². The molecule has 0 saturated carbocycles. The van der Waals surface area contributed by atoms with Crippen LogP contribution in [0.4, 0.5) is 10.5 Å². The molecule has 1 aliphatic rings. The molecule has 32 heavy (non-hydrogen) atoms. The van der Waals surface area contributed by atoms with Gasteiger partial charge in [-0.2, -0.15) is 5.26 Å². The Hall–Kier alpha value is -3.90. The molecule has 0 aromatic heterocycles. The summed E-state index contributed by atoms with van der Waals surface area (Å²) in [5.74, 6) is -0.429. The lowest BCUT2D eigenvalue weighted by atomic mass is 9.86. The second-order valence-electron chi connectivity index (χ2n) is 8.81. The number of hydrogen-bond acceptors (Lipinski definition) is 4. The van der Waals surface area contributed by atoms with Gasteiger partial charge in [0.25, 0.3) is 0 Å². The predicted octanol–water partition coefficient (Wildman–Crippen LogP) is 5.17. The molecule has 6 heteroatoms. The fourth-order valence-electron chi connectivity index (χ4n) is 3.54. The largest absolute Gasteiger partial charge is 0.444 e. The Morgan fingerprint density at radius 2 is 1.88 bits per heavy atom. The highest BCUT2D eigenvalue weighted by Crippen LogP contribution is 2.26. The molecule has 1 fully saturated rings. The van der Waals surface area contributed by atoms with Crippen LogP contribution in [-0.2, 0) is 16.0 Å². The number of nitrogens with zero attached hydrogens (tertiary/aromatic N) is 3.